The number of aromatic nitrogens is 1. The first-order valence-corrected chi connectivity index (χ1v) is 6.86. The lowest BCUT2D eigenvalue weighted by molar-refractivity contribution is -0.372. The van der Waals surface area contributed by atoms with Crippen LogP contribution < -0.4 is 14.6 Å². The molecular formula is C17H18N3O2+. The smallest absolute Gasteiger partial charge is 0.311 e. The summed E-state index contributed by atoms with van der Waals surface area (Å²) in [4.78, 5) is 16.8. The summed E-state index contributed by atoms with van der Waals surface area (Å²) >= 11 is 0. The number of nitrogens with zero attached hydrogens (tertiary/aromatic N) is 2. The number of anilines is 2. The highest BCUT2D eigenvalue weighted by molar-refractivity contribution is 5.98. The van der Waals surface area contributed by atoms with Crippen LogP contribution in [0, 0.1) is 25.2 Å². The zero-order chi connectivity index (χ0) is 16.3. The Hall–Kier alpha value is -2.87. The van der Waals surface area contributed by atoms with Gasteiger partial charge in [0, 0.05) is 13.0 Å². The van der Waals surface area contributed by atoms with Crippen molar-refractivity contribution in [2.45, 2.75) is 20.8 Å². The van der Waals surface area contributed by atoms with Crippen molar-refractivity contribution in [1.82, 2.24) is 0 Å². The van der Waals surface area contributed by atoms with Gasteiger partial charge in [0.25, 0.3) is 0 Å². The van der Waals surface area contributed by atoms with E-state index in [9.17, 15) is 10.1 Å². The Morgan fingerprint density at radius 1 is 1.32 bits per heavy atom. The van der Waals surface area contributed by atoms with Gasteiger partial charge < -0.3 is 4.74 Å². The number of methoxy groups -OCH3 is 1. The van der Waals surface area contributed by atoms with E-state index in [-0.39, 0.29) is 5.91 Å². The monoisotopic (exact) mass is 296 g/mol. The number of pyridine rings is 1. The van der Waals surface area contributed by atoms with Crippen LogP contribution >= 0.6 is 0 Å². The zero-order valence-electron chi connectivity index (χ0n) is 13.1. The lowest BCUT2D eigenvalue weighted by atomic mass is 10.1. The lowest BCUT2D eigenvalue weighted by Gasteiger charge is -2.15. The number of rotatable bonds is 3. The van der Waals surface area contributed by atoms with E-state index >= 15 is 0 Å². The molecule has 5 heteroatoms. The molecule has 1 amide bonds. The number of ether oxygens (including phenoxy) is 1. The molecule has 2 aromatic rings. The molecule has 0 saturated carbocycles. The molecule has 0 atom stereocenters. The molecule has 0 bridgehead atoms. The first kappa shape index (κ1) is 15.5. The standard InChI is InChI=1S/C17H17N3O2/c1-11-8-12(2)19-17(16(11)10-18)20(13(3)21)14-6-5-7-15(9-14)22-4/h5-9H,1-4H3/p+1. The lowest BCUT2D eigenvalue weighted by Crippen LogP contribution is -2.31. The Balaban J connectivity index is 2.68. The Labute approximate surface area is 129 Å². The number of nitrogens with one attached hydrogen (secondary N) is 1. The fraction of sp³-hybridized carbons (Fsp3) is 0.235. The van der Waals surface area contributed by atoms with Crippen molar-refractivity contribution >= 4 is 17.4 Å². The number of carbonyl (C=O) groups excluding carboxylic acids is 1. The van der Waals surface area contributed by atoms with Crippen molar-refractivity contribution in [1.29, 1.82) is 5.26 Å². The van der Waals surface area contributed by atoms with E-state index in [0.717, 1.165) is 11.3 Å². The number of aryl methyl sites for hydroxylation is 2. The van der Waals surface area contributed by atoms with E-state index in [1.54, 1.807) is 31.4 Å². The molecule has 1 N–H and O–H groups in total. The van der Waals surface area contributed by atoms with Gasteiger partial charge in [0.15, 0.2) is 0 Å². The van der Waals surface area contributed by atoms with Gasteiger partial charge in [-0.3, -0.25) is 0 Å². The Bertz CT molecular complexity index is 763. The van der Waals surface area contributed by atoms with Crippen molar-refractivity contribution in [3.63, 3.8) is 0 Å². The van der Waals surface area contributed by atoms with Crippen molar-refractivity contribution < 1.29 is 14.5 Å². The highest BCUT2D eigenvalue weighted by Gasteiger charge is 2.29. The molecular weight excluding hydrogens is 278 g/mol. The van der Waals surface area contributed by atoms with Crippen LogP contribution in [0.3, 0.4) is 0 Å². The maximum Gasteiger partial charge on any atom is 0.311 e. The van der Waals surface area contributed by atoms with Gasteiger partial charge in [-0.1, -0.05) is 6.07 Å². The van der Waals surface area contributed by atoms with Gasteiger partial charge in [-0.25, -0.2) is 9.78 Å². The minimum absolute atomic E-state index is 0.189. The van der Waals surface area contributed by atoms with Crippen molar-refractivity contribution in [2.75, 3.05) is 12.0 Å². The third-order valence-electron chi connectivity index (χ3n) is 3.34. The SMILES string of the molecule is COc1cccc(N(C(C)=O)c2[nH+]c(C)cc(C)c2C#N)c1. The number of aromatic amines is 1. The highest BCUT2D eigenvalue weighted by atomic mass is 16.5. The van der Waals surface area contributed by atoms with Crippen LogP contribution in [0.25, 0.3) is 0 Å². The Morgan fingerprint density at radius 3 is 2.64 bits per heavy atom. The molecule has 112 valence electrons. The van der Waals surface area contributed by atoms with Crippen LogP contribution in [0.15, 0.2) is 30.3 Å². The normalized spacial score (nSPS) is 9.95. The molecule has 1 heterocycles. The van der Waals surface area contributed by atoms with E-state index in [0.29, 0.717) is 22.8 Å². The van der Waals surface area contributed by atoms with E-state index in [1.165, 1.54) is 11.8 Å². The number of benzene rings is 1. The summed E-state index contributed by atoms with van der Waals surface area (Å²) in [5, 5.41) is 9.44. The van der Waals surface area contributed by atoms with Crippen LogP contribution in [0.5, 0.6) is 5.75 Å². The van der Waals surface area contributed by atoms with Crippen molar-refractivity contribution in [2.24, 2.45) is 0 Å². The van der Waals surface area contributed by atoms with Gasteiger partial charge in [-0.05, 0) is 37.6 Å². The second kappa shape index (κ2) is 6.27. The topological polar surface area (TPSA) is 67.5 Å². The minimum Gasteiger partial charge on any atom is -0.497 e. The second-order valence-electron chi connectivity index (χ2n) is 5.03. The van der Waals surface area contributed by atoms with E-state index < -0.39 is 0 Å². The van der Waals surface area contributed by atoms with E-state index in [4.69, 9.17) is 4.74 Å². The van der Waals surface area contributed by atoms with Crippen molar-refractivity contribution in [3.05, 3.63) is 47.2 Å². The summed E-state index contributed by atoms with van der Waals surface area (Å²) in [5.41, 5.74) is 2.79. The van der Waals surface area contributed by atoms with Gasteiger partial charge in [0.05, 0.1) is 12.8 Å². The molecule has 22 heavy (non-hydrogen) atoms. The molecule has 0 radical (unpaired) electrons. The van der Waals surface area contributed by atoms with Crippen LogP contribution in [-0.2, 0) is 4.79 Å². The molecule has 0 fully saturated rings. The summed E-state index contributed by atoms with van der Waals surface area (Å²) in [6, 6.07) is 11.2. The summed E-state index contributed by atoms with van der Waals surface area (Å²) in [5.74, 6) is 0.929. The number of amides is 1. The third kappa shape index (κ3) is 2.91. The van der Waals surface area contributed by atoms with Crippen LogP contribution in [0.4, 0.5) is 11.5 Å². The fourth-order valence-corrected chi connectivity index (χ4v) is 2.40. The largest absolute Gasteiger partial charge is 0.497 e. The third-order valence-corrected chi connectivity index (χ3v) is 3.34. The molecule has 5 nitrogen and oxygen atoms in total. The van der Waals surface area contributed by atoms with Gasteiger partial charge in [0.1, 0.15) is 23.1 Å². The van der Waals surface area contributed by atoms with Gasteiger partial charge in [-0.2, -0.15) is 10.2 Å². The average Bonchev–Trinajstić information content (AvgIpc) is 2.47. The minimum atomic E-state index is -0.189. The maximum absolute atomic E-state index is 12.2. The predicted molar refractivity (Wildman–Crippen MR) is 83.0 cm³/mol. The number of H-pyrrole nitrogens is 1. The molecule has 0 aliphatic heterocycles. The van der Waals surface area contributed by atoms with Crippen molar-refractivity contribution in [3.8, 4) is 11.8 Å². The Morgan fingerprint density at radius 2 is 2.05 bits per heavy atom. The molecule has 0 saturated heterocycles. The van der Waals surface area contributed by atoms with Gasteiger partial charge >= 0.3 is 11.7 Å². The molecule has 2 rings (SSSR count). The van der Waals surface area contributed by atoms with E-state index in [2.05, 4.69) is 11.1 Å². The maximum atomic E-state index is 12.2. The van der Waals surface area contributed by atoms with Crippen LogP contribution in [-0.4, -0.2) is 13.0 Å². The molecule has 0 unspecified atom stereocenters. The zero-order valence-corrected chi connectivity index (χ0v) is 13.1. The molecule has 0 spiro atoms. The molecule has 1 aromatic carbocycles. The highest BCUT2D eigenvalue weighted by Crippen LogP contribution is 2.29. The van der Waals surface area contributed by atoms with Crippen LogP contribution in [0.1, 0.15) is 23.7 Å². The summed E-state index contributed by atoms with van der Waals surface area (Å²) < 4.78 is 5.21. The van der Waals surface area contributed by atoms with Gasteiger partial charge in [-0.15, -0.1) is 0 Å². The number of hydrogen-bond donors (Lipinski definition) is 0. The fourth-order valence-electron chi connectivity index (χ4n) is 2.40. The van der Waals surface area contributed by atoms with Gasteiger partial charge in [0.2, 0.25) is 0 Å². The molecule has 1 aromatic heterocycles. The summed E-state index contributed by atoms with van der Waals surface area (Å²) in [6.07, 6.45) is 0. The number of nitriles is 1. The average molecular weight is 296 g/mol. The summed E-state index contributed by atoms with van der Waals surface area (Å²) in [7, 11) is 1.57. The first-order chi connectivity index (χ1) is 10.5. The Kier molecular flexibility index (Phi) is 4.42. The summed E-state index contributed by atoms with van der Waals surface area (Å²) in [6.45, 7) is 5.21. The molecule has 0 aliphatic carbocycles. The molecule has 0 aliphatic rings. The quantitative estimate of drug-likeness (QED) is 0.874. The number of carbonyl (C=O) groups is 1. The second-order valence-corrected chi connectivity index (χ2v) is 5.03. The first-order valence-electron chi connectivity index (χ1n) is 6.86. The predicted octanol–water partition coefficient (Wildman–Crippen LogP) is 2.68. The number of hydrogen-bond acceptors (Lipinski definition) is 3. The van der Waals surface area contributed by atoms with Crippen LogP contribution in [0.2, 0.25) is 0 Å². The van der Waals surface area contributed by atoms with E-state index in [1.807, 2.05) is 19.9 Å².